The Labute approximate surface area is 200 Å². The molecule has 0 radical (unpaired) electrons. The third kappa shape index (κ3) is 1.92. The first-order valence-corrected chi connectivity index (χ1v) is 12.0. The molecule has 4 heteroatoms. The molecule has 2 aliphatic heterocycles. The van der Waals surface area contributed by atoms with Crippen molar-refractivity contribution < 1.29 is 0 Å². The highest BCUT2D eigenvalue weighted by atomic mass is 16.1. The van der Waals surface area contributed by atoms with Gasteiger partial charge in [0.15, 0.2) is 0 Å². The monoisotopic (exact) mass is 444 g/mol. The minimum atomic E-state index is 0.0520. The van der Waals surface area contributed by atoms with Gasteiger partial charge in [0.1, 0.15) is 0 Å². The lowest BCUT2D eigenvalue weighted by Gasteiger charge is -2.34. The molecule has 0 aliphatic carbocycles. The Kier molecular flexibility index (Phi) is 3.02. The minimum absolute atomic E-state index is 0.0520. The van der Waals surface area contributed by atoms with Gasteiger partial charge in [-0.15, -0.1) is 0 Å². The van der Waals surface area contributed by atoms with Crippen molar-refractivity contribution >= 4 is 66.6 Å². The zero-order chi connectivity index (χ0) is 22.8. The molecule has 4 heterocycles. The van der Waals surface area contributed by atoms with E-state index in [0.29, 0.717) is 0 Å². The number of rotatable bonds is 0. The fraction of sp³-hybridized carbons (Fsp3) is 0. The van der Waals surface area contributed by atoms with Gasteiger partial charge in [-0.05, 0) is 52.1 Å². The maximum atomic E-state index is 14.0. The Morgan fingerprint density at radius 1 is 0.514 bits per heavy atom. The fourth-order valence-corrected chi connectivity index (χ4v) is 6.82. The lowest BCUT2D eigenvalue weighted by Crippen LogP contribution is -2.60. The van der Waals surface area contributed by atoms with Crippen molar-refractivity contribution in [1.82, 2.24) is 9.13 Å². The molecular weight excluding hydrogens is 427 g/mol. The van der Waals surface area contributed by atoms with Gasteiger partial charge in [0.2, 0.25) is 0 Å². The van der Waals surface area contributed by atoms with Crippen LogP contribution in [0.2, 0.25) is 0 Å². The van der Waals surface area contributed by atoms with Crippen molar-refractivity contribution in [2.24, 2.45) is 0 Å². The molecule has 7 aromatic rings. The van der Waals surface area contributed by atoms with E-state index < -0.39 is 0 Å². The molecular formula is C31H17BN2O. The molecule has 35 heavy (non-hydrogen) atoms. The highest BCUT2D eigenvalue weighted by Gasteiger charge is 2.40. The largest absolute Gasteiger partial charge is 0.310 e. The van der Waals surface area contributed by atoms with Gasteiger partial charge in [-0.2, -0.15) is 0 Å². The van der Waals surface area contributed by atoms with E-state index in [2.05, 4.69) is 83.4 Å². The summed E-state index contributed by atoms with van der Waals surface area (Å²) in [7, 11) is 0. The van der Waals surface area contributed by atoms with Crippen LogP contribution in [0.3, 0.4) is 0 Å². The Morgan fingerprint density at radius 2 is 1.06 bits per heavy atom. The van der Waals surface area contributed by atoms with Crippen LogP contribution in [0.5, 0.6) is 0 Å². The van der Waals surface area contributed by atoms with E-state index in [-0.39, 0.29) is 12.3 Å². The molecule has 0 saturated carbocycles. The molecule has 0 bridgehead atoms. The van der Waals surface area contributed by atoms with Crippen molar-refractivity contribution in [3.8, 4) is 11.4 Å². The van der Waals surface area contributed by atoms with Gasteiger partial charge in [0.05, 0.1) is 16.6 Å². The van der Waals surface area contributed by atoms with E-state index in [4.69, 9.17) is 0 Å². The molecule has 3 nitrogen and oxygen atoms in total. The summed E-state index contributed by atoms with van der Waals surface area (Å²) >= 11 is 0. The summed E-state index contributed by atoms with van der Waals surface area (Å²) in [5.74, 6) is 0. The molecule has 0 amide bonds. The van der Waals surface area contributed by atoms with E-state index in [1.165, 1.54) is 43.9 Å². The summed E-state index contributed by atoms with van der Waals surface area (Å²) in [6.45, 7) is 0.0750. The number of benzene rings is 5. The Balaban J connectivity index is 1.71. The van der Waals surface area contributed by atoms with Crippen LogP contribution in [0, 0.1) is 0 Å². The number of nitrogens with zero attached hydrogens (tertiary/aromatic N) is 2. The SMILES string of the molecule is O=c1c2ccccc2c2cc3c4ccccc4n4c3c3c2n1-c1ccccc1B3c1ccccc1-4. The van der Waals surface area contributed by atoms with Gasteiger partial charge in [-0.25, -0.2) is 0 Å². The molecule has 0 unspecified atom stereocenters. The molecule has 2 aliphatic rings. The number of para-hydroxylation sites is 3. The predicted molar refractivity (Wildman–Crippen MR) is 146 cm³/mol. The molecule has 2 aromatic heterocycles. The summed E-state index contributed by atoms with van der Waals surface area (Å²) in [5, 5.41) is 5.43. The van der Waals surface area contributed by atoms with Crippen LogP contribution in [-0.4, -0.2) is 15.8 Å². The minimum Gasteiger partial charge on any atom is -0.310 e. The molecule has 0 saturated heterocycles. The number of hydrogen-bond donors (Lipinski definition) is 0. The van der Waals surface area contributed by atoms with Gasteiger partial charge in [0, 0.05) is 32.9 Å². The number of aromatic nitrogens is 2. The molecule has 0 fully saturated rings. The number of pyridine rings is 1. The molecule has 0 spiro atoms. The zero-order valence-electron chi connectivity index (χ0n) is 18.7. The van der Waals surface area contributed by atoms with Crippen LogP contribution in [0.1, 0.15) is 0 Å². The van der Waals surface area contributed by atoms with E-state index in [0.717, 1.165) is 27.4 Å². The van der Waals surface area contributed by atoms with Crippen LogP contribution >= 0.6 is 0 Å². The molecule has 0 N–H and O–H groups in total. The zero-order valence-corrected chi connectivity index (χ0v) is 18.7. The Morgan fingerprint density at radius 3 is 1.83 bits per heavy atom. The quantitative estimate of drug-likeness (QED) is 0.252. The van der Waals surface area contributed by atoms with E-state index >= 15 is 0 Å². The average Bonchev–Trinajstić information content (AvgIpc) is 3.25. The molecule has 9 rings (SSSR count). The molecule has 0 atom stereocenters. The van der Waals surface area contributed by atoms with Crippen LogP contribution in [0.25, 0.3) is 54.9 Å². The molecule has 160 valence electrons. The van der Waals surface area contributed by atoms with Crippen LogP contribution in [-0.2, 0) is 0 Å². The van der Waals surface area contributed by atoms with Crippen molar-refractivity contribution in [2.75, 3.05) is 0 Å². The molecule has 5 aromatic carbocycles. The first kappa shape index (κ1) is 17.9. The summed E-state index contributed by atoms with van der Waals surface area (Å²) in [5.41, 5.74) is 9.46. The highest BCUT2D eigenvalue weighted by molar-refractivity contribution is 7.00. The maximum absolute atomic E-state index is 14.0. The summed E-state index contributed by atoms with van der Waals surface area (Å²) < 4.78 is 4.40. The highest BCUT2D eigenvalue weighted by Crippen LogP contribution is 2.38. The third-order valence-corrected chi connectivity index (χ3v) is 8.11. The van der Waals surface area contributed by atoms with Crippen molar-refractivity contribution in [3.05, 3.63) is 113 Å². The Hall–Kier alpha value is -4.57. The van der Waals surface area contributed by atoms with Gasteiger partial charge in [-0.3, -0.25) is 9.36 Å². The van der Waals surface area contributed by atoms with Gasteiger partial charge in [0.25, 0.3) is 12.3 Å². The second-order valence-electron chi connectivity index (χ2n) is 9.67. The van der Waals surface area contributed by atoms with Crippen LogP contribution < -0.4 is 21.9 Å². The lowest BCUT2D eigenvalue weighted by atomic mass is 9.34. The fourth-order valence-electron chi connectivity index (χ4n) is 6.82. The Bertz CT molecular complexity index is 2150. The van der Waals surface area contributed by atoms with Crippen molar-refractivity contribution in [2.45, 2.75) is 0 Å². The van der Waals surface area contributed by atoms with E-state index in [1.807, 2.05) is 28.8 Å². The van der Waals surface area contributed by atoms with Crippen LogP contribution in [0.15, 0.2) is 108 Å². The van der Waals surface area contributed by atoms with Crippen LogP contribution in [0.4, 0.5) is 0 Å². The normalized spacial score (nSPS) is 13.2. The summed E-state index contributed by atoms with van der Waals surface area (Å²) in [6, 6.07) is 36.3. The second kappa shape index (κ2) is 5.91. The van der Waals surface area contributed by atoms with Crippen molar-refractivity contribution in [3.63, 3.8) is 0 Å². The second-order valence-corrected chi connectivity index (χ2v) is 9.67. The number of hydrogen-bond acceptors (Lipinski definition) is 1. The first-order valence-electron chi connectivity index (χ1n) is 12.0. The smallest absolute Gasteiger partial charge is 0.263 e. The third-order valence-electron chi connectivity index (χ3n) is 8.11. The average molecular weight is 444 g/mol. The topological polar surface area (TPSA) is 26.9 Å². The van der Waals surface area contributed by atoms with Crippen molar-refractivity contribution in [1.29, 1.82) is 0 Å². The summed E-state index contributed by atoms with van der Waals surface area (Å²) in [6.07, 6.45) is 0. The lowest BCUT2D eigenvalue weighted by molar-refractivity contribution is 1.07. The maximum Gasteiger partial charge on any atom is 0.263 e. The van der Waals surface area contributed by atoms with Gasteiger partial charge in [-0.1, -0.05) is 72.8 Å². The predicted octanol–water partition coefficient (Wildman–Crippen LogP) is 4.38. The van der Waals surface area contributed by atoms with E-state index in [9.17, 15) is 4.79 Å². The number of fused-ring (bicyclic) bond motifs is 11. The van der Waals surface area contributed by atoms with Gasteiger partial charge >= 0.3 is 0 Å². The standard InChI is InChI=1S/C31H17BN2O/c35-31-20-11-2-1-9-18(20)21-17-22-19-10-3-6-14-25(19)33-26-15-7-4-12-23(26)32-24-13-5-8-16-27(24)34(31)30(21)28(32)29(22)33/h1-17H. The summed E-state index contributed by atoms with van der Waals surface area (Å²) in [4.78, 5) is 14.0. The van der Waals surface area contributed by atoms with Gasteiger partial charge < -0.3 is 4.57 Å². The van der Waals surface area contributed by atoms with E-state index in [1.54, 1.807) is 0 Å². The first-order chi connectivity index (χ1) is 17.3.